The van der Waals surface area contributed by atoms with Gasteiger partial charge in [0.1, 0.15) is 0 Å². The molecule has 1 amide bonds. The largest absolute Gasteiger partial charge is 0.349 e. The Morgan fingerprint density at radius 2 is 1.95 bits per heavy atom. The fourth-order valence-corrected chi connectivity index (χ4v) is 3.49. The first-order valence-corrected chi connectivity index (χ1v) is 8.88. The van der Waals surface area contributed by atoms with Gasteiger partial charge in [-0.15, -0.1) is 0 Å². The lowest BCUT2D eigenvalue weighted by molar-refractivity contribution is 0.0935. The molecule has 1 unspecified atom stereocenters. The molecule has 20 heavy (non-hydrogen) atoms. The van der Waals surface area contributed by atoms with Crippen LogP contribution in [0.15, 0.2) is 17.0 Å². The van der Waals surface area contributed by atoms with Crippen LogP contribution in [0.25, 0.3) is 0 Å². The smallest absolute Gasteiger partial charge is 0.261 e. The second-order valence-electron chi connectivity index (χ2n) is 5.45. The van der Waals surface area contributed by atoms with Crippen molar-refractivity contribution in [1.82, 2.24) is 5.32 Å². The molecular formula is C14H18ClNO3S. The summed E-state index contributed by atoms with van der Waals surface area (Å²) in [5.74, 6) is 0.288. The quantitative estimate of drug-likeness (QED) is 0.869. The molecule has 0 heterocycles. The Balaban J connectivity index is 2.32. The van der Waals surface area contributed by atoms with E-state index in [1.807, 2.05) is 6.92 Å². The lowest BCUT2D eigenvalue weighted by Gasteiger charge is -2.14. The average Bonchev–Trinajstić information content (AvgIpc) is 3.14. The maximum Gasteiger partial charge on any atom is 0.261 e. The van der Waals surface area contributed by atoms with E-state index in [1.165, 1.54) is 6.07 Å². The highest BCUT2D eigenvalue weighted by molar-refractivity contribution is 8.13. The third-order valence-corrected chi connectivity index (χ3v) is 5.28. The molecule has 1 aromatic carbocycles. The van der Waals surface area contributed by atoms with Gasteiger partial charge in [-0.25, -0.2) is 8.42 Å². The molecule has 1 N–H and O–H groups in total. The maximum atomic E-state index is 12.2. The van der Waals surface area contributed by atoms with E-state index >= 15 is 0 Å². The van der Waals surface area contributed by atoms with Gasteiger partial charge in [0.25, 0.3) is 15.0 Å². The number of carbonyl (C=O) groups excluding carboxylic acids is 1. The van der Waals surface area contributed by atoms with Gasteiger partial charge in [-0.05, 0) is 62.8 Å². The second kappa shape index (κ2) is 5.37. The number of nitrogens with one attached hydrogen (secondary N) is 1. The van der Waals surface area contributed by atoms with Gasteiger partial charge in [0.15, 0.2) is 0 Å². The molecule has 0 aliphatic heterocycles. The molecule has 2 rings (SSSR count). The monoisotopic (exact) mass is 315 g/mol. The fourth-order valence-electron chi connectivity index (χ4n) is 2.22. The molecule has 1 saturated carbocycles. The van der Waals surface area contributed by atoms with Crippen molar-refractivity contribution >= 4 is 25.6 Å². The summed E-state index contributed by atoms with van der Waals surface area (Å²) in [5.41, 5.74) is 1.64. The van der Waals surface area contributed by atoms with Crippen LogP contribution in [-0.2, 0) is 9.05 Å². The molecule has 1 atom stereocenters. The normalized spacial score (nSPS) is 16.8. The topological polar surface area (TPSA) is 63.2 Å². The number of hydrogen-bond donors (Lipinski definition) is 1. The third-order valence-electron chi connectivity index (χ3n) is 3.83. The first-order chi connectivity index (χ1) is 9.20. The number of benzene rings is 1. The van der Waals surface area contributed by atoms with Crippen LogP contribution in [-0.4, -0.2) is 20.4 Å². The van der Waals surface area contributed by atoms with Crippen molar-refractivity contribution in [1.29, 1.82) is 0 Å². The van der Waals surface area contributed by atoms with Gasteiger partial charge in [0.05, 0.1) is 4.90 Å². The van der Waals surface area contributed by atoms with Crippen molar-refractivity contribution < 1.29 is 13.2 Å². The Morgan fingerprint density at radius 3 is 2.45 bits per heavy atom. The van der Waals surface area contributed by atoms with Gasteiger partial charge >= 0.3 is 0 Å². The summed E-state index contributed by atoms with van der Waals surface area (Å²) in [6.45, 7) is 5.41. The van der Waals surface area contributed by atoms with Gasteiger partial charge in [0, 0.05) is 22.3 Å². The molecule has 0 spiro atoms. The molecule has 110 valence electrons. The fraction of sp³-hybridized carbons (Fsp3) is 0.500. The Morgan fingerprint density at radius 1 is 1.35 bits per heavy atom. The Bertz CT molecular complexity index is 651. The Hall–Kier alpha value is -1.07. The van der Waals surface area contributed by atoms with Gasteiger partial charge in [-0.3, -0.25) is 4.79 Å². The van der Waals surface area contributed by atoms with E-state index in [0.717, 1.165) is 18.4 Å². The number of hydrogen-bond acceptors (Lipinski definition) is 3. The minimum Gasteiger partial charge on any atom is -0.349 e. The maximum absolute atomic E-state index is 12.2. The zero-order valence-electron chi connectivity index (χ0n) is 11.7. The van der Waals surface area contributed by atoms with E-state index in [0.29, 0.717) is 17.0 Å². The SMILES string of the molecule is Cc1cc(C(=O)NC(C)C2CC2)cc(S(=O)(=O)Cl)c1C. The highest BCUT2D eigenvalue weighted by Crippen LogP contribution is 2.32. The molecule has 0 bridgehead atoms. The molecular weight excluding hydrogens is 298 g/mol. The molecule has 1 aliphatic rings. The Labute approximate surface area is 123 Å². The van der Waals surface area contributed by atoms with Crippen LogP contribution >= 0.6 is 10.7 Å². The zero-order chi connectivity index (χ0) is 15.1. The van der Waals surface area contributed by atoms with Crippen molar-refractivity contribution in [2.75, 3.05) is 0 Å². The lowest BCUT2D eigenvalue weighted by Crippen LogP contribution is -2.34. The zero-order valence-corrected chi connectivity index (χ0v) is 13.3. The summed E-state index contributed by atoms with van der Waals surface area (Å²) >= 11 is 0. The summed E-state index contributed by atoms with van der Waals surface area (Å²) in [6.07, 6.45) is 2.27. The van der Waals surface area contributed by atoms with Crippen LogP contribution in [0.3, 0.4) is 0 Å². The number of amides is 1. The van der Waals surface area contributed by atoms with E-state index in [2.05, 4.69) is 5.32 Å². The summed E-state index contributed by atoms with van der Waals surface area (Å²) in [4.78, 5) is 12.2. The Kier molecular flexibility index (Phi) is 4.12. The van der Waals surface area contributed by atoms with Crippen molar-refractivity contribution in [2.45, 2.75) is 44.6 Å². The first kappa shape index (κ1) is 15.3. The van der Waals surface area contributed by atoms with E-state index in [1.54, 1.807) is 19.9 Å². The molecule has 0 saturated heterocycles. The number of aryl methyl sites for hydroxylation is 1. The van der Waals surface area contributed by atoms with E-state index in [4.69, 9.17) is 10.7 Å². The standard InChI is InChI=1S/C14H18ClNO3S/c1-8-6-12(7-13(9(8)2)20(15,18)19)14(17)16-10(3)11-4-5-11/h6-7,10-11H,4-5H2,1-3H3,(H,16,17). The van der Waals surface area contributed by atoms with Gasteiger partial charge in [0.2, 0.25) is 0 Å². The molecule has 1 aromatic rings. The average molecular weight is 316 g/mol. The van der Waals surface area contributed by atoms with Crippen LogP contribution in [0.5, 0.6) is 0 Å². The molecule has 1 aliphatic carbocycles. The molecule has 6 heteroatoms. The highest BCUT2D eigenvalue weighted by Gasteiger charge is 2.29. The summed E-state index contributed by atoms with van der Waals surface area (Å²) < 4.78 is 23.1. The highest BCUT2D eigenvalue weighted by atomic mass is 35.7. The van der Waals surface area contributed by atoms with Crippen molar-refractivity contribution in [3.63, 3.8) is 0 Å². The second-order valence-corrected chi connectivity index (χ2v) is 7.99. The lowest BCUT2D eigenvalue weighted by atomic mass is 10.1. The van der Waals surface area contributed by atoms with Crippen LogP contribution < -0.4 is 5.32 Å². The number of rotatable bonds is 4. The van der Waals surface area contributed by atoms with Crippen LogP contribution in [0.2, 0.25) is 0 Å². The number of carbonyl (C=O) groups is 1. The van der Waals surface area contributed by atoms with E-state index in [9.17, 15) is 13.2 Å². The predicted molar refractivity (Wildman–Crippen MR) is 78.6 cm³/mol. The molecule has 0 radical (unpaired) electrons. The molecule has 4 nitrogen and oxygen atoms in total. The van der Waals surface area contributed by atoms with Crippen molar-refractivity contribution in [2.24, 2.45) is 5.92 Å². The van der Waals surface area contributed by atoms with E-state index < -0.39 is 9.05 Å². The number of halogens is 1. The van der Waals surface area contributed by atoms with Crippen molar-refractivity contribution in [3.8, 4) is 0 Å². The third kappa shape index (κ3) is 3.33. The van der Waals surface area contributed by atoms with E-state index in [-0.39, 0.29) is 16.8 Å². The molecule has 1 fully saturated rings. The molecule has 0 aromatic heterocycles. The van der Waals surface area contributed by atoms with Gasteiger partial charge < -0.3 is 5.32 Å². The van der Waals surface area contributed by atoms with Crippen LogP contribution in [0.4, 0.5) is 0 Å². The minimum atomic E-state index is -3.85. The minimum absolute atomic E-state index is 0.00314. The van der Waals surface area contributed by atoms with Crippen molar-refractivity contribution in [3.05, 3.63) is 28.8 Å². The van der Waals surface area contributed by atoms with Gasteiger partial charge in [-0.1, -0.05) is 0 Å². The van der Waals surface area contributed by atoms with Crippen LogP contribution in [0.1, 0.15) is 41.3 Å². The first-order valence-electron chi connectivity index (χ1n) is 6.57. The summed E-state index contributed by atoms with van der Waals surface area (Å²) in [7, 11) is 1.57. The van der Waals surface area contributed by atoms with Gasteiger partial charge in [-0.2, -0.15) is 0 Å². The predicted octanol–water partition coefficient (Wildman–Crippen LogP) is 2.76. The van der Waals surface area contributed by atoms with Crippen LogP contribution in [0, 0.1) is 19.8 Å². The summed E-state index contributed by atoms with van der Waals surface area (Å²) in [5, 5.41) is 2.91. The summed E-state index contributed by atoms with van der Waals surface area (Å²) in [6, 6.07) is 3.15.